The Morgan fingerprint density at radius 3 is 2.46 bits per heavy atom. The molecule has 2 aliphatic heterocycles. The van der Waals surface area contributed by atoms with E-state index in [2.05, 4.69) is 4.99 Å². The molecule has 1 N–H and O–H groups in total. The van der Waals surface area contributed by atoms with Crippen LogP contribution in [-0.4, -0.2) is 26.4 Å². The predicted octanol–water partition coefficient (Wildman–Crippen LogP) is 5.57. The molecule has 0 atom stereocenters. The molecule has 0 saturated heterocycles. The smallest absolute Gasteiger partial charge is 0.283 e. The Balaban J connectivity index is 1.80. The zero-order valence-corrected chi connectivity index (χ0v) is 17.7. The van der Waals surface area contributed by atoms with Crippen molar-refractivity contribution in [3.8, 4) is 5.69 Å². The minimum absolute atomic E-state index is 0.143. The van der Waals surface area contributed by atoms with Crippen LogP contribution in [0.2, 0.25) is 10.0 Å². The van der Waals surface area contributed by atoms with Crippen LogP contribution >= 0.6 is 35.0 Å². The number of rotatable bonds is 2. The third-order valence-corrected chi connectivity index (χ3v) is 6.04. The standard InChI is InChI=1S/C20H16Cl2N4OS/c1-10-4-13(12(3)25(10)16-7-14(21)6-15(22)8-16)5-17-18(23)26-11(2)9-28-20(26)24-19(17)27/h4-9,23H,1-3H3. The van der Waals surface area contributed by atoms with Gasteiger partial charge in [-0.1, -0.05) is 35.0 Å². The van der Waals surface area contributed by atoms with Crippen LogP contribution < -0.4 is 0 Å². The first-order valence-corrected chi connectivity index (χ1v) is 10.1. The Morgan fingerprint density at radius 2 is 1.79 bits per heavy atom. The summed E-state index contributed by atoms with van der Waals surface area (Å²) in [6.45, 7) is 5.82. The first-order valence-electron chi connectivity index (χ1n) is 8.49. The van der Waals surface area contributed by atoms with E-state index in [-0.39, 0.29) is 11.4 Å². The van der Waals surface area contributed by atoms with Crippen LogP contribution in [-0.2, 0) is 4.79 Å². The quantitative estimate of drug-likeness (QED) is 0.633. The van der Waals surface area contributed by atoms with Crippen molar-refractivity contribution in [3.05, 3.63) is 67.9 Å². The molecular weight excluding hydrogens is 415 g/mol. The lowest BCUT2D eigenvalue weighted by molar-refractivity contribution is -0.114. The summed E-state index contributed by atoms with van der Waals surface area (Å²) in [7, 11) is 0. The number of aromatic nitrogens is 1. The Hall–Kier alpha value is -2.28. The predicted molar refractivity (Wildman–Crippen MR) is 117 cm³/mol. The molecule has 0 radical (unpaired) electrons. The summed E-state index contributed by atoms with van der Waals surface area (Å²) in [6.07, 6.45) is 1.73. The molecule has 2 aliphatic rings. The van der Waals surface area contributed by atoms with Crippen molar-refractivity contribution in [2.75, 3.05) is 0 Å². The van der Waals surface area contributed by atoms with Crippen molar-refractivity contribution in [1.82, 2.24) is 9.47 Å². The van der Waals surface area contributed by atoms with Gasteiger partial charge in [-0.05, 0) is 62.1 Å². The minimum Gasteiger partial charge on any atom is -0.318 e. The number of allylic oxidation sites excluding steroid dienone is 1. The topological polar surface area (TPSA) is 61.5 Å². The minimum atomic E-state index is -0.401. The molecule has 0 aliphatic carbocycles. The molecule has 28 heavy (non-hydrogen) atoms. The van der Waals surface area contributed by atoms with Crippen molar-refractivity contribution in [1.29, 1.82) is 5.41 Å². The number of benzene rings is 1. The summed E-state index contributed by atoms with van der Waals surface area (Å²) in [5.74, 6) is -0.258. The highest BCUT2D eigenvalue weighted by Gasteiger charge is 2.34. The molecular formula is C20H16Cl2N4OS. The van der Waals surface area contributed by atoms with Crippen LogP contribution in [0, 0.1) is 19.3 Å². The number of hydrogen-bond donors (Lipinski definition) is 1. The van der Waals surface area contributed by atoms with Gasteiger partial charge < -0.3 is 4.57 Å². The summed E-state index contributed by atoms with van der Waals surface area (Å²) >= 11 is 13.7. The number of aryl methyl sites for hydroxylation is 1. The van der Waals surface area contributed by atoms with Gasteiger partial charge in [-0.15, -0.1) is 0 Å². The Labute approximate surface area is 176 Å². The molecule has 2 aromatic rings. The Kier molecular flexibility index (Phi) is 4.73. The fraction of sp³-hybridized carbons (Fsp3) is 0.150. The van der Waals surface area contributed by atoms with Gasteiger partial charge in [0.15, 0.2) is 5.17 Å². The van der Waals surface area contributed by atoms with Crippen LogP contribution in [0.1, 0.15) is 23.9 Å². The van der Waals surface area contributed by atoms with Crippen molar-refractivity contribution in [2.45, 2.75) is 20.8 Å². The molecule has 3 heterocycles. The molecule has 8 heteroatoms. The average Bonchev–Trinajstić information content (AvgIpc) is 3.10. The van der Waals surface area contributed by atoms with E-state index < -0.39 is 5.91 Å². The van der Waals surface area contributed by atoms with E-state index in [0.29, 0.717) is 15.2 Å². The first kappa shape index (κ1) is 19.1. The molecule has 1 aromatic carbocycles. The van der Waals surface area contributed by atoms with Gasteiger partial charge in [0.1, 0.15) is 5.84 Å². The van der Waals surface area contributed by atoms with Crippen LogP contribution in [0.3, 0.4) is 0 Å². The van der Waals surface area contributed by atoms with Gasteiger partial charge in [-0.3, -0.25) is 15.1 Å². The van der Waals surface area contributed by atoms with Crippen molar-refractivity contribution in [3.63, 3.8) is 0 Å². The second-order valence-corrected chi connectivity index (χ2v) is 8.32. The summed E-state index contributed by atoms with van der Waals surface area (Å²) in [4.78, 5) is 18.3. The fourth-order valence-electron chi connectivity index (χ4n) is 3.40. The molecule has 0 fully saturated rings. The Morgan fingerprint density at radius 1 is 1.11 bits per heavy atom. The fourth-order valence-corrected chi connectivity index (χ4v) is 4.77. The number of carbonyl (C=O) groups is 1. The molecule has 0 spiro atoms. The maximum absolute atomic E-state index is 12.5. The Bertz CT molecular complexity index is 1120. The number of halogens is 2. The zero-order valence-electron chi connectivity index (χ0n) is 15.4. The van der Waals surface area contributed by atoms with E-state index in [9.17, 15) is 4.79 Å². The van der Waals surface area contributed by atoms with E-state index in [1.807, 2.05) is 48.9 Å². The number of amidine groups is 2. The van der Waals surface area contributed by atoms with Gasteiger partial charge in [0.25, 0.3) is 5.91 Å². The van der Waals surface area contributed by atoms with Crippen molar-refractivity contribution >= 4 is 58.0 Å². The molecule has 0 saturated carbocycles. The molecule has 0 unspecified atom stereocenters. The molecule has 1 aromatic heterocycles. The number of amides is 1. The summed E-state index contributed by atoms with van der Waals surface area (Å²) in [5.41, 5.74) is 4.72. The van der Waals surface area contributed by atoms with Crippen LogP contribution in [0.4, 0.5) is 0 Å². The van der Waals surface area contributed by atoms with E-state index in [0.717, 1.165) is 28.3 Å². The van der Waals surface area contributed by atoms with E-state index in [4.69, 9.17) is 28.6 Å². The van der Waals surface area contributed by atoms with Gasteiger partial charge in [0.2, 0.25) is 0 Å². The highest BCUT2D eigenvalue weighted by molar-refractivity contribution is 8.16. The number of nitrogens with one attached hydrogen (secondary N) is 1. The lowest BCUT2D eigenvalue weighted by atomic mass is 10.1. The third kappa shape index (κ3) is 3.11. The zero-order chi connectivity index (χ0) is 20.2. The van der Waals surface area contributed by atoms with Crippen molar-refractivity contribution < 1.29 is 4.79 Å². The highest BCUT2D eigenvalue weighted by atomic mass is 35.5. The van der Waals surface area contributed by atoms with Crippen LogP contribution in [0.5, 0.6) is 0 Å². The van der Waals surface area contributed by atoms with Gasteiger partial charge in [0, 0.05) is 32.8 Å². The molecule has 1 amide bonds. The molecule has 0 bridgehead atoms. The first-order chi connectivity index (χ1) is 13.3. The maximum Gasteiger partial charge on any atom is 0.283 e. The summed E-state index contributed by atoms with van der Waals surface area (Å²) in [5, 5.41) is 12.0. The summed E-state index contributed by atoms with van der Waals surface area (Å²) in [6, 6.07) is 7.33. The number of aliphatic imine (C=N–C) groups is 1. The monoisotopic (exact) mass is 430 g/mol. The average molecular weight is 431 g/mol. The second-order valence-electron chi connectivity index (χ2n) is 6.61. The third-order valence-electron chi connectivity index (χ3n) is 4.66. The van der Waals surface area contributed by atoms with Gasteiger partial charge in [-0.25, -0.2) is 0 Å². The van der Waals surface area contributed by atoms with Gasteiger partial charge in [-0.2, -0.15) is 4.99 Å². The van der Waals surface area contributed by atoms with E-state index >= 15 is 0 Å². The van der Waals surface area contributed by atoms with Crippen LogP contribution in [0.25, 0.3) is 11.8 Å². The SMILES string of the molecule is CC1=CSC2=NC(=O)C(=Cc3cc(C)n(-c4cc(Cl)cc(Cl)c4)c3C)C(=N)N12. The lowest BCUT2D eigenvalue weighted by Crippen LogP contribution is -2.37. The van der Waals surface area contributed by atoms with Crippen molar-refractivity contribution in [2.24, 2.45) is 4.99 Å². The molecule has 4 rings (SSSR count). The van der Waals surface area contributed by atoms with E-state index in [1.54, 1.807) is 17.0 Å². The largest absolute Gasteiger partial charge is 0.318 e. The number of nitrogens with zero attached hydrogens (tertiary/aromatic N) is 3. The lowest BCUT2D eigenvalue weighted by Gasteiger charge is -2.25. The second kappa shape index (κ2) is 6.95. The highest BCUT2D eigenvalue weighted by Crippen LogP contribution is 2.33. The molecule has 5 nitrogen and oxygen atoms in total. The maximum atomic E-state index is 12.5. The summed E-state index contributed by atoms with van der Waals surface area (Å²) < 4.78 is 2.02. The van der Waals surface area contributed by atoms with Gasteiger partial charge >= 0.3 is 0 Å². The van der Waals surface area contributed by atoms with E-state index in [1.165, 1.54) is 11.8 Å². The number of thioether (sulfide) groups is 1. The van der Waals surface area contributed by atoms with Gasteiger partial charge in [0.05, 0.1) is 5.57 Å². The number of fused-ring (bicyclic) bond motifs is 1. The number of carbonyl (C=O) groups excluding carboxylic acids is 1. The van der Waals surface area contributed by atoms with Crippen LogP contribution in [0.15, 0.2) is 45.9 Å². The number of hydrogen-bond acceptors (Lipinski definition) is 3. The molecule has 142 valence electrons. The normalized spacial score (nSPS) is 17.9.